The summed E-state index contributed by atoms with van der Waals surface area (Å²) in [5.74, 6) is 0.140. The third-order valence-corrected chi connectivity index (χ3v) is 4.49. The second-order valence-corrected chi connectivity index (χ2v) is 6.28. The van der Waals surface area contributed by atoms with Crippen LogP contribution in [0.15, 0.2) is 17.5 Å². The van der Waals surface area contributed by atoms with Crippen LogP contribution in [0.4, 0.5) is 0 Å². The summed E-state index contributed by atoms with van der Waals surface area (Å²) in [5.41, 5.74) is 5.80. The molecule has 1 aliphatic carbocycles. The molecule has 0 saturated heterocycles. The van der Waals surface area contributed by atoms with Gasteiger partial charge in [-0.3, -0.25) is 4.79 Å². The van der Waals surface area contributed by atoms with E-state index in [0.717, 1.165) is 25.8 Å². The quantitative estimate of drug-likeness (QED) is 0.753. The molecule has 106 valence electrons. The number of nitrogens with zero attached hydrogens (tertiary/aromatic N) is 1. The molecule has 0 bridgehead atoms. The van der Waals surface area contributed by atoms with Crippen LogP contribution < -0.4 is 11.1 Å². The highest BCUT2D eigenvalue weighted by molar-refractivity contribution is 7.09. The Hall–Kier alpha value is -0.910. The summed E-state index contributed by atoms with van der Waals surface area (Å²) in [6, 6.07) is 4.79. The van der Waals surface area contributed by atoms with Gasteiger partial charge in [-0.25, -0.2) is 0 Å². The molecule has 0 spiro atoms. The van der Waals surface area contributed by atoms with Crippen LogP contribution in [0.2, 0.25) is 0 Å². The van der Waals surface area contributed by atoms with Crippen molar-refractivity contribution in [2.24, 2.45) is 5.73 Å². The lowest BCUT2D eigenvalue weighted by atomic mass is 10.1. The van der Waals surface area contributed by atoms with E-state index in [1.807, 2.05) is 0 Å². The number of rotatable bonds is 8. The molecule has 4 nitrogen and oxygen atoms in total. The first-order chi connectivity index (χ1) is 9.19. The fourth-order valence-electron chi connectivity index (χ4n) is 2.07. The standard InChI is InChI=1S/C14H23N3OS/c1-17(7-6-13-3-2-8-19-13)12(10-15)9-14(18)16-11-4-5-11/h2-3,8,11-12H,4-7,9-10,15H2,1H3,(H,16,18). The van der Waals surface area contributed by atoms with Crippen LogP contribution in [0.25, 0.3) is 0 Å². The van der Waals surface area contributed by atoms with Gasteiger partial charge in [-0.05, 0) is 37.8 Å². The zero-order chi connectivity index (χ0) is 13.7. The van der Waals surface area contributed by atoms with Gasteiger partial charge in [-0.2, -0.15) is 0 Å². The minimum absolute atomic E-state index is 0.138. The van der Waals surface area contributed by atoms with Crippen LogP contribution in [0, 0.1) is 0 Å². The van der Waals surface area contributed by atoms with E-state index < -0.39 is 0 Å². The van der Waals surface area contributed by atoms with Crippen LogP contribution in [0.5, 0.6) is 0 Å². The molecular weight excluding hydrogens is 258 g/mol. The van der Waals surface area contributed by atoms with E-state index in [4.69, 9.17) is 5.73 Å². The maximum absolute atomic E-state index is 11.8. The molecular formula is C14H23N3OS. The molecule has 3 N–H and O–H groups in total. The summed E-state index contributed by atoms with van der Waals surface area (Å²) >= 11 is 1.78. The van der Waals surface area contributed by atoms with E-state index >= 15 is 0 Å². The van der Waals surface area contributed by atoms with Crippen molar-refractivity contribution in [2.45, 2.75) is 37.8 Å². The number of nitrogens with one attached hydrogen (secondary N) is 1. The Kier molecular flexibility index (Phi) is 5.36. The van der Waals surface area contributed by atoms with Gasteiger partial charge in [-0.1, -0.05) is 6.07 Å². The van der Waals surface area contributed by atoms with Gasteiger partial charge in [0.1, 0.15) is 0 Å². The molecule has 2 rings (SSSR count). The summed E-state index contributed by atoms with van der Waals surface area (Å²) in [7, 11) is 2.05. The molecule has 1 aromatic rings. The van der Waals surface area contributed by atoms with Crippen LogP contribution in [0.3, 0.4) is 0 Å². The molecule has 1 unspecified atom stereocenters. The minimum Gasteiger partial charge on any atom is -0.353 e. The Bertz CT molecular complexity index is 389. The molecule has 1 atom stereocenters. The van der Waals surface area contributed by atoms with Crippen molar-refractivity contribution in [1.29, 1.82) is 0 Å². The normalized spacial score (nSPS) is 16.6. The van der Waals surface area contributed by atoms with Gasteiger partial charge in [0.25, 0.3) is 0 Å². The maximum Gasteiger partial charge on any atom is 0.221 e. The average Bonchev–Trinajstić information content (AvgIpc) is 3.05. The van der Waals surface area contributed by atoms with Crippen molar-refractivity contribution in [3.05, 3.63) is 22.4 Å². The Labute approximate surface area is 119 Å². The molecule has 1 aliphatic rings. The summed E-state index contributed by atoms with van der Waals surface area (Å²) in [6.45, 7) is 1.47. The molecule has 0 aliphatic heterocycles. The van der Waals surface area contributed by atoms with E-state index in [1.165, 1.54) is 4.88 Å². The molecule has 0 aromatic carbocycles. The van der Waals surface area contributed by atoms with E-state index in [0.29, 0.717) is 19.0 Å². The lowest BCUT2D eigenvalue weighted by Crippen LogP contribution is -2.43. The molecule has 1 heterocycles. The smallest absolute Gasteiger partial charge is 0.221 e. The van der Waals surface area contributed by atoms with E-state index in [-0.39, 0.29) is 11.9 Å². The Balaban J connectivity index is 1.73. The van der Waals surface area contributed by atoms with Gasteiger partial charge in [0, 0.05) is 36.5 Å². The van der Waals surface area contributed by atoms with Gasteiger partial charge < -0.3 is 16.0 Å². The van der Waals surface area contributed by atoms with Gasteiger partial charge in [0.2, 0.25) is 5.91 Å². The third-order valence-electron chi connectivity index (χ3n) is 3.55. The minimum atomic E-state index is 0.138. The Morgan fingerprint density at radius 3 is 3.00 bits per heavy atom. The van der Waals surface area contributed by atoms with E-state index in [1.54, 1.807) is 11.3 Å². The second-order valence-electron chi connectivity index (χ2n) is 5.25. The first kappa shape index (κ1) is 14.5. The van der Waals surface area contributed by atoms with Crippen LogP contribution >= 0.6 is 11.3 Å². The fourth-order valence-corrected chi connectivity index (χ4v) is 2.77. The summed E-state index contributed by atoms with van der Waals surface area (Å²) < 4.78 is 0. The predicted molar refractivity (Wildman–Crippen MR) is 79.3 cm³/mol. The lowest BCUT2D eigenvalue weighted by Gasteiger charge is -2.26. The molecule has 0 radical (unpaired) electrons. The topological polar surface area (TPSA) is 58.4 Å². The fraction of sp³-hybridized carbons (Fsp3) is 0.643. The van der Waals surface area contributed by atoms with Crippen molar-refractivity contribution in [2.75, 3.05) is 20.1 Å². The number of carbonyl (C=O) groups excluding carboxylic acids is 1. The van der Waals surface area contributed by atoms with Crippen molar-refractivity contribution in [3.63, 3.8) is 0 Å². The monoisotopic (exact) mass is 281 g/mol. The van der Waals surface area contributed by atoms with Crippen LogP contribution in [0.1, 0.15) is 24.1 Å². The number of thiophene rings is 1. The Morgan fingerprint density at radius 1 is 1.63 bits per heavy atom. The predicted octanol–water partition coefficient (Wildman–Crippen LogP) is 1.22. The van der Waals surface area contributed by atoms with Gasteiger partial charge >= 0.3 is 0 Å². The number of nitrogens with two attached hydrogens (primary N) is 1. The number of hydrogen-bond acceptors (Lipinski definition) is 4. The van der Waals surface area contributed by atoms with Crippen molar-refractivity contribution in [3.8, 4) is 0 Å². The number of hydrogen-bond donors (Lipinski definition) is 2. The number of carbonyl (C=O) groups is 1. The largest absolute Gasteiger partial charge is 0.353 e. The molecule has 1 saturated carbocycles. The zero-order valence-corrected chi connectivity index (χ0v) is 12.3. The number of likely N-dealkylation sites (N-methyl/N-ethyl adjacent to an activating group) is 1. The van der Waals surface area contributed by atoms with Crippen molar-refractivity contribution >= 4 is 17.2 Å². The van der Waals surface area contributed by atoms with Gasteiger partial charge in [0.05, 0.1) is 0 Å². The lowest BCUT2D eigenvalue weighted by molar-refractivity contribution is -0.122. The van der Waals surface area contributed by atoms with Gasteiger partial charge in [0.15, 0.2) is 0 Å². The third kappa shape index (κ3) is 4.93. The maximum atomic E-state index is 11.8. The highest BCUT2D eigenvalue weighted by Crippen LogP contribution is 2.19. The zero-order valence-electron chi connectivity index (χ0n) is 11.5. The highest BCUT2D eigenvalue weighted by atomic mass is 32.1. The summed E-state index contributed by atoms with van der Waals surface area (Å²) in [6.07, 6.45) is 3.79. The molecule has 19 heavy (non-hydrogen) atoms. The van der Waals surface area contributed by atoms with Crippen molar-refractivity contribution < 1.29 is 4.79 Å². The van der Waals surface area contributed by atoms with Crippen molar-refractivity contribution in [1.82, 2.24) is 10.2 Å². The first-order valence-electron chi connectivity index (χ1n) is 6.91. The van der Waals surface area contributed by atoms with Gasteiger partial charge in [-0.15, -0.1) is 11.3 Å². The summed E-state index contributed by atoms with van der Waals surface area (Å²) in [4.78, 5) is 15.4. The molecule has 1 fully saturated rings. The molecule has 5 heteroatoms. The average molecular weight is 281 g/mol. The van der Waals surface area contributed by atoms with Crippen LogP contribution in [-0.4, -0.2) is 43.0 Å². The molecule has 1 aromatic heterocycles. The first-order valence-corrected chi connectivity index (χ1v) is 7.79. The number of amides is 1. The summed E-state index contributed by atoms with van der Waals surface area (Å²) in [5, 5.41) is 5.12. The molecule has 1 amide bonds. The second kappa shape index (κ2) is 7.03. The Morgan fingerprint density at radius 2 is 2.42 bits per heavy atom. The highest BCUT2D eigenvalue weighted by Gasteiger charge is 2.25. The SMILES string of the molecule is CN(CCc1cccs1)C(CN)CC(=O)NC1CC1. The van der Waals surface area contributed by atoms with E-state index in [9.17, 15) is 4.79 Å². The van der Waals surface area contributed by atoms with Crippen LogP contribution in [-0.2, 0) is 11.2 Å². The van der Waals surface area contributed by atoms with E-state index in [2.05, 4.69) is 34.8 Å².